The standard InChI is InChI=1S/C27H28FNO7/c28-16-8-4-15(5-9-16)20-12-18(23-19(29-20)2-1-3-21(23)31)14-6-10-17(11-7-14)35-27-26(34)25(33)24(32)22(13-30)36-27/h4-12,18,22,24-27,29-30,32-34H,1-3,13H2/t18?,22-,24-,25-,26-,27-/m1/s1. The smallest absolute Gasteiger partial charge is 0.229 e. The van der Waals surface area contributed by atoms with E-state index in [1.54, 1.807) is 36.4 Å². The molecule has 3 aliphatic rings. The highest BCUT2D eigenvalue weighted by molar-refractivity contribution is 6.00. The topological polar surface area (TPSA) is 128 Å². The molecule has 36 heavy (non-hydrogen) atoms. The maximum absolute atomic E-state index is 13.5. The summed E-state index contributed by atoms with van der Waals surface area (Å²) in [6, 6.07) is 13.1. The van der Waals surface area contributed by atoms with Crippen LogP contribution in [0.3, 0.4) is 0 Å². The third kappa shape index (κ3) is 4.68. The lowest BCUT2D eigenvalue weighted by molar-refractivity contribution is -0.277. The number of ketones is 1. The minimum absolute atomic E-state index is 0.0878. The first-order chi connectivity index (χ1) is 17.4. The van der Waals surface area contributed by atoms with Gasteiger partial charge in [-0.25, -0.2) is 4.39 Å². The van der Waals surface area contributed by atoms with Gasteiger partial charge in [0.15, 0.2) is 5.78 Å². The highest BCUT2D eigenvalue weighted by atomic mass is 19.1. The molecule has 2 heterocycles. The zero-order valence-electron chi connectivity index (χ0n) is 19.4. The molecule has 0 aromatic heterocycles. The minimum Gasteiger partial charge on any atom is -0.462 e. The number of benzene rings is 2. The molecule has 5 rings (SSSR count). The molecule has 1 saturated heterocycles. The Morgan fingerprint density at radius 3 is 2.39 bits per heavy atom. The minimum atomic E-state index is -1.53. The van der Waals surface area contributed by atoms with E-state index >= 15 is 0 Å². The van der Waals surface area contributed by atoms with Crippen LogP contribution >= 0.6 is 0 Å². The first-order valence-corrected chi connectivity index (χ1v) is 11.9. The number of hydrogen-bond acceptors (Lipinski definition) is 8. The number of nitrogens with one attached hydrogen (secondary N) is 1. The lowest BCUT2D eigenvalue weighted by atomic mass is 9.79. The Morgan fingerprint density at radius 1 is 0.972 bits per heavy atom. The third-order valence-electron chi connectivity index (χ3n) is 6.88. The molecule has 0 radical (unpaired) electrons. The molecule has 5 N–H and O–H groups in total. The molecular weight excluding hydrogens is 469 g/mol. The maximum atomic E-state index is 13.5. The van der Waals surface area contributed by atoms with Gasteiger partial charge in [0.25, 0.3) is 0 Å². The molecule has 0 saturated carbocycles. The SMILES string of the molecule is O=C1CCCC2=C1C(c1ccc(O[C@@H]3O[C@H](CO)[C@@H](O)[C@@H](O)[C@H]3O)cc1)C=C(c1ccc(F)cc1)N2. The van der Waals surface area contributed by atoms with Gasteiger partial charge in [0.2, 0.25) is 6.29 Å². The fraction of sp³-hybridized carbons (Fsp3) is 0.370. The van der Waals surface area contributed by atoms with Gasteiger partial charge in [-0.2, -0.15) is 0 Å². The number of halogens is 1. The predicted octanol–water partition coefficient (Wildman–Crippen LogP) is 1.74. The lowest BCUT2D eigenvalue weighted by Gasteiger charge is -2.39. The van der Waals surface area contributed by atoms with Gasteiger partial charge in [-0.3, -0.25) is 4.79 Å². The fourth-order valence-corrected chi connectivity index (χ4v) is 4.92. The molecule has 0 bridgehead atoms. The Balaban J connectivity index is 1.41. The summed E-state index contributed by atoms with van der Waals surface area (Å²) >= 11 is 0. The molecule has 190 valence electrons. The van der Waals surface area contributed by atoms with E-state index in [0.29, 0.717) is 12.2 Å². The number of dihydropyridines is 1. The van der Waals surface area contributed by atoms with Crippen LogP contribution in [-0.4, -0.2) is 63.5 Å². The molecule has 2 aromatic rings. The fourth-order valence-electron chi connectivity index (χ4n) is 4.92. The molecule has 9 heteroatoms. The Labute approximate surface area is 207 Å². The zero-order chi connectivity index (χ0) is 25.4. The number of hydrogen-bond donors (Lipinski definition) is 5. The highest BCUT2D eigenvalue weighted by Gasteiger charge is 2.44. The number of aliphatic hydroxyl groups excluding tert-OH is 4. The van der Waals surface area contributed by atoms with Crippen LogP contribution in [-0.2, 0) is 9.53 Å². The number of rotatable bonds is 5. The van der Waals surface area contributed by atoms with Crippen LogP contribution in [0.2, 0.25) is 0 Å². The van der Waals surface area contributed by atoms with Crippen LogP contribution in [0.4, 0.5) is 4.39 Å². The van der Waals surface area contributed by atoms with Crippen LogP contribution in [0.25, 0.3) is 5.70 Å². The summed E-state index contributed by atoms with van der Waals surface area (Å²) in [6.45, 7) is -0.548. The van der Waals surface area contributed by atoms with E-state index in [9.17, 15) is 29.6 Å². The van der Waals surface area contributed by atoms with Crippen LogP contribution in [0.15, 0.2) is 65.9 Å². The molecule has 2 aliphatic heterocycles. The quantitative estimate of drug-likeness (QED) is 0.423. The number of carbonyl (C=O) groups excluding carboxylic acids is 1. The summed E-state index contributed by atoms with van der Waals surface area (Å²) in [5, 5.41) is 42.9. The molecule has 2 aromatic carbocycles. The Bertz CT molecular complexity index is 1180. The largest absolute Gasteiger partial charge is 0.462 e. The Hall–Kier alpha value is -3.08. The van der Waals surface area contributed by atoms with E-state index in [1.807, 2.05) is 6.08 Å². The van der Waals surface area contributed by atoms with Crippen molar-refractivity contribution in [2.24, 2.45) is 0 Å². The van der Waals surface area contributed by atoms with E-state index in [-0.39, 0.29) is 17.5 Å². The van der Waals surface area contributed by atoms with Crippen molar-refractivity contribution in [2.45, 2.75) is 55.9 Å². The van der Waals surface area contributed by atoms with Crippen molar-refractivity contribution in [3.8, 4) is 5.75 Å². The summed E-state index contributed by atoms with van der Waals surface area (Å²) in [5.41, 5.74) is 4.05. The number of ether oxygens (including phenoxy) is 2. The van der Waals surface area contributed by atoms with E-state index in [1.165, 1.54) is 12.1 Å². The normalized spacial score (nSPS) is 30.4. The molecule has 6 atom stereocenters. The van der Waals surface area contributed by atoms with E-state index in [2.05, 4.69) is 5.32 Å². The van der Waals surface area contributed by atoms with Crippen molar-refractivity contribution in [1.82, 2.24) is 5.32 Å². The van der Waals surface area contributed by atoms with Crippen LogP contribution < -0.4 is 10.1 Å². The van der Waals surface area contributed by atoms with E-state index < -0.39 is 37.3 Å². The van der Waals surface area contributed by atoms with Gasteiger partial charge in [0, 0.05) is 29.3 Å². The van der Waals surface area contributed by atoms with Gasteiger partial charge < -0.3 is 35.2 Å². The van der Waals surface area contributed by atoms with Crippen molar-refractivity contribution in [3.05, 3.63) is 82.8 Å². The van der Waals surface area contributed by atoms with Crippen molar-refractivity contribution in [2.75, 3.05) is 6.61 Å². The second-order valence-corrected chi connectivity index (χ2v) is 9.24. The number of carbonyl (C=O) groups is 1. The maximum Gasteiger partial charge on any atom is 0.229 e. The van der Waals surface area contributed by atoms with Gasteiger partial charge in [0.05, 0.1) is 6.61 Å². The third-order valence-corrected chi connectivity index (χ3v) is 6.88. The number of aliphatic hydroxyl groups is 4. The van der Waals surface area contributed by atoms with Crippen LogP contribution in [0.5, 0.6) is 5.75 Å². The average molecular weight is 498 g/mol. The van der Waals surface area contributed by atoms with Crippen LogP contribution in [0, 0.1) is 5.82 Å². The predicted molar refractivity (Wildman–Crippen MR) is 127 cm³/mol. The first-order valence-electron chi connectivity index (χ1n) is 11.9. The van der Waals surface area contributed by atoms with Crippen molar-refractivity contribution in [1.29, 1.82) is 0 Å². The number of Topliss-reactive ketones (excluding diaryl/α,β-unsaturated/α-hetero) is 1. The van der Waals surface area contributed by atoms with Crippen molar-refractivity contribution < 1.29 is 39.1 Å². The highest BCUT2D eigenvalue weighted by Crippen LogP contribution is 2.40. The van der Waals surface area contributed by atoms with Gasteiger partial charge in [-0.05, 0) is 54.3 Å². The Morgan fingerprint density at radius 2 is 1.69 bits per heavy atom. The molecule has 1 aliphatic carbocycles. The second-order valence-electron chi connectivity index (χ2n) is 9.24. The van der Waals surface area contributed by atoms with Crippen molar-refractivity contribution >= 4 is 11.5 Å². The summed E-state index contributed by atoms with van der Waals surface area (Å²) < 4.78 is 24.6. The van der Waals surface area contributed by atoms with Crippen LogP contribution in [0.1, 0.15) is 36.3 Å². The summed E-state index contributed by atoms with van der Waals surface area (Å²) in [4.78, 5) is 12.9. The number of allylic oxidation sites excluding steroid dienone is 3. The first kappa shape index (κ1) is 24.6. The van der Waals surface area contributed by atoms with Gasteiger partial charge in [-0.1, -0.05) is 24.3 Å². The molecule has 0 spiro atoms. The van der Waals surface area contributed by atoms with Crippen molar-refractivity contribution in [3.63, 3.8) is 0 Å². The molecule has 8 nitrogen and oxygen atoms in total. The average Bonchev–Trinajstić information content (AvgIpc) is 2.89. The van der Waals surface area contributed by atoms with E-state index in [4.69, 9.17) is 9.47 Å². The monoisotopic (exact) mass is 497 g/mol. The molecule has 1 fully saturated rings. The summed E-state index contributed by atoms with van der Waals surface area (Å²) in [7, 11) is 0. The molecule has 0 amide bonds. The van der Waals surface area contributed by atoms with Gasteiger partial charge in [-0.15, -0.1) is 0 Å². The Kier molecular flexibility index (Phi) is 6.92. The lowest BCUT2D eigenvalue weighted by Crippen LogP contribution is -2.60. The zero-order valence-corrected chi connectivity index (χ0v) is 19.4. The summed E-state index contributed by atoms with van der Waals surface area (Å²) in [5.74, 6) is -0.210. The second kappa shape index (κ2) is 10.1. The van der Waals surface area contributed by atoms with Gasteiger partial charge in [0.1, 0.15) is 36.0 Å². The van der Waals surface area contributed by atoms with Gasteiger partial charge >= 0.3 is 0 Å². The summed E-state index contributed by atoms with van der Waals surface area (Å²) in [6.07, 6.45) is -2.92. The van der Waals surface area contributed by atoms with E-state index in [0.717, 1.165) is 40.9 Å². The molecular formula is C27H28FNO7. The molecule has 1 unspecified atom stereocenters.